The molecule has 0 radical (unpaired) electrons. The molecule has 0 unspecified atom stereocenters. The fraction of sp³-hybridized carbons (Fsp3) is 0.556. The largest absolute Gasteiger partial charge is 0.322 e. The molecule has 0 saturated carbocycles. The highest BCUT2D eigenvalue weighted by atomic mass is 35.5. The minimum absolute atomic E-state index is 0.0449. The molecule has 184 valence electrons. The number of hydrogen-bond donors (Lipinski definition) is 2. The first kappa shape index (κ1) is 25.2. The lowest BCUT2D eigenvalue weighted by atomic mass is 9.72. The third kappa shape index (κ3) is 5.84. The van der Waals surface area contributed by atoms with Gasteiger partial charge >= 0.3 is 0 Å². The van der Waals surface area contributed by atoms with Crippen molar-refractivity contribution in [2.45, 2.75) is 72.3 Å². The van der Waals surface area contributed by atoms with E-state index in [1.165, 1.54) is 11.3 Å². The summed E-state index contributed by atoms with van der Waals surface area (Å²) in [6.45, 7) is 10.4. The number of carbonyl (C=O) groups is 2. The van der Waals surface area contributed by atoms with E-state index >= 15 is 0 Å². The molecule has 0 bridgehead atoms. The molecular weight excluding hydrogens is 466 g/mol. The number of nitrogens with zero attached hydrogens (tertiary/aromatic N) is 1. The molecule has 1 saturated heterocycles. The molecule has 34 heavy (non-hydrogen) atoms. The number of carbonyl (C=O) groups excluding carboxylic acids is 2. The van der Waals surface area contributed by atoms with Crippen molar-refractivity contribution in [3.8, 4) is 0 Å². The van der Waals surface area contributed by atoms with E-state index in [1.807, 2.05) is 12.1 Å². The third-order valence-electron chi connectivity index (χ3n) is 7.34. The normalized spacial score (nSPS) is 21.1. The van der Waals surface area contributed by atoms with E-state index in [0.717, 1.165) is 44.2 Å². The van der Waals surface area contributed by atoms with Gasteiger partial charge in [0.25, 0.3) is 5.91 Å². The molecule has 7 heteroatoms. The highest BCUT2D eigenvalue weighted by Crippen LogP contribution is 2.44. The lowest BCUT2D eigenvalue weighted by Crippen LogP contribution is -2.42. The predicted octanol–water partition coefficient (Wildman–Crippen LogP) is 6.62. The number of benzene rings is 1. The van der Waals surface area contributed by atoms with Crippen LogP contribution in [0.5, 0.6) is 0 Å². The molecule has 2 N–H and O–H groups in total. The number of halogens is 1. The molecule has 2 aliphatic rings. The van der Waals surface area contributed by atoms with Crippen LogP contribution in [0.25, 0.3) is 0 Å². The molecule has 2 heterocycles. The van der Waals surface area contributed by atoms with Crippen molar-refractivity contribution < 1.29 is 9.59 Å². The first-order valence-electron chi connectivity index (χ1n) is 12.4. The van der Waals surface area contributed by atoms with E-state index in [1.54, 1.807) is 23.5 Å². The molecule has 1 aliphatic carbocycles. The van der Waals surface area contributed by atoms with Gasteiger partial charge in [-0.25, -0.2) is 0 Å². The van der Waals surface area contributed by atoms with Crippen LogP contribution in [0.4, 0.5) is 10.7 Å². The predicted molar refractivity (Wildman–Crippen MR) is 142 cm³/mol. The van der Waals surface area contributed by atoms with Crippen molar-refractivity contribution in [3.63, 3.8) is 0 Å². The summed E-state index contributed by atoms with van der Waals surface area (Å²) < 4.78 is 0. The van der Waals surface area contributed by atoms with Crippen LogP contribution < -0.4 is 10.6 Å². The molecule has 1 aliphatic heterocycles. The van der Waals surface area contributed by atoms with Gasteiger partial charge in [-0.05, 0) is 80.7 Å². The number of rotatable bonds is 5. The van der Waals surface area contributed by atoms with E-state index in [9.17, 15) is 9.59 Å². The number of amides is 2. The van der Waals surface area contributed by atoms with Crippen molar-refractivity contribution in [1.82, 2.24) is 4.90 Å². The van der Waals surface area contributed by atoms with Crippen LogP contribution >= 0.6 is 22.9 Å². The second-order valence-corrected chi connectivity index (χ2v) is 12.4. The molecule has 5 nitrogen and oxygen atoms in total. The Kier molecular flexibility index (Phi) is 7.70. The molecular formula is C27H36ClN3O2S. The number of thiophene rings is 1. The second kappa shape index (κ2) is 10.4. The Morgan fingerprint density at radius 1 is 1.18 bits per heavy atom. The maximum atomic E-state index is 13.5. The average molecular weight is 502 g/mol. The SMILES string of the molecule is C[C@H]1CCCCN1CC(=O)Nc1sc2c(c1C(=O)Nc1cccc(Cl)c1)CC[C@@H](C(C)(C)C)C2. The minimum atomic E-state index is -0.185. The van der Waals surface area contributed by atoms with Gasteiger partial charge in [0.15, 0.2) is 0 Å². The van der Waals surface area contributed by atoms with Gasteiger partial charge in [-0.2, -0.15) is 0 Å². The minimum Gasteiger partial charge on any atom is -0.322 e. The Labute approximate surface area is 212 Å². The van der Waals surface area contributed by atoms with Crippen LogP contribution in [0.3, 0.4) is 0 Å². The van der Waals surface area contributed by atoms with Crippen LogP contribution in [-0.2, 0) is 17.6 Å². The Bertz CT molecular complexity index is 1060. The Balaban J connectivity index is 1.59. The summed E-state index contributed by atoms with van der Waals surface area (Å²) in [6, 6.07) is 7.58. The van der Waals surface area contributed by atoms with Gasteiger partial charge in [0.1, 0.15) is 5.00 Å². The van der Waals surface area contributed by atoms with Crippen LogP contribution in [0.1, 0.15) is 74.2 Å². The third-order valence-corrected chi connectivity index (χ3v) is 8.74. The summed E-state index contributed by atoms with van der Waals surface area (Å²) in [7, 11) is 0. The monoisotopic (exact) mass is 501 g/mol. The first-order chi connectivity index (χ1) is 16.1. The number of likely N-dealkylation sites (tertiary alicyclic amines) is 1. The molecule has 1 aromatic carbocycles. The van der Waals surface area contributed by atoms with Gasteiger partial charge in [0, 0.05) is 21.6 Å². The van der Waals surface area contributed by atoms with Gasteiger partial charge in [-0.3, -0.25) is 14.5 Å². The quantitative estimate of drug-likeness (QED) is 0.484. The highest BCUT2D eigenvalue weighted by molar-refractivity contribution is 7.17. The van der Waals surface area contributed by atoms with Crippen molar-refractivity contribution in [3.05, 3.63) is 45.3 Å². The lowest BCUT2D eigenvalue weighted by molar-refractivity contribution is -0.118. The summed E-state index contributed by atoms with van der Waals surface area (Å²) in [6.07, 6.45) is 6.32. The summed E-state index contributed by atoms with van der Waals surface area (Å²) in [5, 5.41) is 7.37. The van der Waals surface area contributed by atoms with E-state index in [4.69, 9.17) is 11.6 Å². The lowest BCUT2D eigenvalue weighted by Gasteiger charge is -2.33. The van der Waals surface area contributed by atoms with Crippen molar-refractivity contribution in [2.24, 2.45) is 11.3 Å². The maximum absolute atomic E-state index is 13.5. The van der Waals surface area contributed by atoms with Crippen molar-refractivity contribution >= 4 is 45.4 Å². The number of hydrogen-bond acceptors (Lipinski definition) is 4. The molecule has 2 atom stereocenters. The van der Waals surface area contributed by atoms with Gasteiger partial charge < -0.3 is 10.6 Å². The maximum Gasteiger partial charge on any atom is 0.258 e. The van der Waals surface area contributed by atoms with Crippen LogP contribution in [-0.4, -0.2) is 35.8 Å². The zero-order valence-electron chi connectivity index (χ0n) is 20.7. The zero-order valence-corrected chi connectivity index (χ0v) is 22.2. The molecule has 1 aromatic heterocycles. The zero-order chi connectivity index (χ0) is 24.5. The van der Waals surface area contributed by atoms with Gasteiger partial charge in [-0.15, -0.1) is 11.3 Å². The molecule has 4 rings (SSSR count). The van der Waals surface area contributed by atoms with Crippen molar-refractivity contribution in [2.75, 3.05) is 23.7 Å². The van der Waals surface area contributed by atoms with Gasteiger partial charge in [-0.1, -0.05) is 44.9 Å². The molecule has 1 fully saturated rings. The van der Waals surface area contributed by atoms with Gasteiger partial charge in [0.2, 0.25) is 5.91 Å². The number of fused-ring (bicyclic) bond motifs is 1. The second-order valence-electron chi connectivity index (χ2n) is 10.8. The Morgan fingerprint density at radius 3 is 2.68 bits per heavy atom. The molecule has 2 amide bonds. The average Bonchev–Trinajstić information content (AvgIpc) is 3.11. The Morgan fingerprint density at radius 2 is 1.97 bits per heavy atom. The number of anilines is 2. The fourth-order valence-electron chi connectivity index (χ4n) is 5.16. The highest BCUT2D eigenvalue weighted by Gasteiger charge is 2.34. The number of nitrogens with one attached hydrogen (secondary N) is 2. The summed E-state index contributed by atoms with van der Waals surface area (Å²) in [4.78, 5) is 30.0. The molecule has 0 spiro atoms. The van der Waals surface area contributed by atoms with E-state index in [2.05, 4.69) is 43.2 Å². The Hall–Kier alpha value is -1.89. The summed E-state index contributed by atoms with van der Waals surface area (Å²) >= 11 is 7.70. The first-order valence-corrected chi connectivity index (χ1v) is 13.6. The number of piperidine rings is 1. The van der Waals surface area contributed by atoms with E-state index in [-0.39, 0.29) is 17.2 Å². The smallest absolute Gasteiger partial charge is 0.258 e. The summed E-state index contributed by atoms with van der Waals surface area (Å²) in [5.41, 5.74) is 2.57. The van der Waals surface area contributed by atoms with E-state index in [0.29, 0.717) is 39.8 Å². The molecule has 2 aromatic rings. The van der Waals surface area contributed by atoms with Crippen LogP contribution in [0.2, 0.25) is 5.02 Å². The van der Waals surface area contributed by atoms with Gasteiger partial charge in [0.05, 0.1) is 12.1 Å². The van der Waals surface area contributed by atoms with Crippen LogP contribution in [0.15, 0.2) is 24.3 Å². The topological polar surface area (TPSA) is 61.4 Å². The standard InChI is InChI=1S/C27H36ClN3O2S/c1-17-8-5-6-13-31(17)16-23(32)30-26-24(25(33)29-20-10-7-9-19(28)15-20)21-12-11-18(27(2,3)4)14-22(21)34-26/h7,9-10,15,17-18H,5-6,8,11-14,16H2,1-4H3,(H,29,33)(H,30,32)/t17-,18+/m0/s1. The van der Waals surface area contributed by atoms with Crippen LogP contribution in [0, 0.1) is 11.3 Å². The van der Waals surface area contributed by atoms with Crippen molar-refractivity contribution in [1.29, 1.82) is 0 Å². The van der Waals surface area contributed by atoms with E-state index < -0.39 is 0 Å². The summed E-state index contributed by atoms with van der Waals surface area (Å²) in [5.74, 6) is 0.326. The fourth-order valence-corrected chi connectivity index (χ4v) is 6.69.